The zero-order chi connectivity index (χ0) is 35.7. The van der Waals surface area contributed by atoms with Crippen LogP contribution >= 0.6 is 0 Å². The second-order valence-corrected chi connectivity index (χ2v) is 14.5. The minimum Gasteiger partial charge on any atom is -0.493 e. The van der Waals surface area contributed by atoms with Crippen LogP contribution in [-0.4, -0.2) is 58.5 Å². The summed E-state index contributed by atoms with van der Waals surface area (Å²) in [7, 11) is -1.43. The number of carbonyl (C=O) groups is 2. The number of nitrogens with zero attached hydrogens (tertiary/aromatic N) is 2. The van der Waals surface area contributed by atoms with Gasteiger partial charge >= 0.3 is 0 Å². The van der Waals surface area contributed by atoms with Gasteiger partial charge in [-0.1, -0.05) is 74.5 Å². The molecule has 0 heterocycles. The zero-order valence-corrected chi connectivity index (χ0v) is 30.2. The molecule has 2 amide bonds. The summed E-state index contributed by atoms with van der Waals surface area (Å²) in [6.45, 7) is 9.69. The lowest BCUT2D eigenvalue weighted by atomic mass is 10.0. The highest BCUT2D eigenvalue weighted by molar-refractivity contribution is 7.92. The van der Waals surface area contributed by atoms with Gasteiger partial charge in [0.05, 0.1) is 24.8 Å². The van der Waals surface area contributed by atoms with Crippen molar-refractivity contribution in [3.63, 3.8) is 0 Å². The van der Waals surface area contributed by atoms with E-state index in [0.29, 0.717) is 18.0 Å². The van der Waals surface area contributed by atoms with Crippen molar-refractivity contribution < 1.29 is 27.5 Å². The van der Waals surface area contributed by atoms with E-state index in [2.05, 4.69) is 5.32 Å². The molecular formula is C39H47N3O6S. The molecule has 10 heteroatoms. The van der Waals surface area contributed by atoms with Crippen molar-refractivity contribution in [3.05, 3.63) is 119 Å². The second-order valence-electron chi connectivity index (χ2n) is 12.7. The van der Waals surface area contributed by atoms with E-state index in [1.165, 1.54) is 37.3 Å². The molecule has 4 rings (SSSR count). The van der Waals surface area contributed by atoms with E-state index in [1.807, 2.05) is 95.3 Å². The van der Waals surface area contributed by atoms with Crippen LogP contribution in [0.3, 0.4) is 0 Å². The van der Waals surface area contributed by atoms with Crippen molar-refractivity contribution in [2.24, 2.45) is 5.92 Å². The number of ether oxygens (including phenoxy) is 2. The van der Waals surface area contributed by atoms with Gasteiger partial charge in [-0.15, -0.1) is 0 Å². The van der Waals surface area contributed by atoms with Crippen molar-refractivity contribution in [2.45, 2.75) is 58.5 Å². The van der Waals surface area contributed by atoms with Crippen LogP contribution in [0.4, 0.5) is 5.69 Å². The largest absolute Gasteiger partial charge is 0.493 e. The maximum atomic E-state index is 14.8. The fraction of sp³-hybridized carbons (Fsp3) is 0.333. The Morgan fingerprint density at radius 1 is 0.796 bits per heavy atom. The number of nitrogens with one attached hydrogen (secondary N) is 1. The number of sulfonamides is 1. The van der Waals surface area contributed by atoms with Crippen LogP contribution in [0.1, 0.15) is 41.7 Å². The molecule has 0 bridgehead atoms. The third-order valence-corrected chi connectivity index (χ3v) is 10.0. The molecule has 9 nitrogen and oxygen atoms in total. The minimum atomic E-state index is -4.33. The Bertz CT molecular complexity index is 1840. The number of methoxy groups -OCH3 is 2. The van der Waals surface area contributed by atoms with Gasteiger partial charge in [-0.2, -0.15) is 0 Å². The molecular weight excluding hydrogens is 639 g/mol. The Hall–Kier alpha value is -4.83. The Kier molecular flexibility index (Phi) is 12.5. The summed E-state index contributed by atoms with van der Waals surface area (Å²) in [5.41, 5.74) is 4.68. The Labute approximate surface area is 290 Å². The number of rotatable bonds is 15. The maximum Gasteiger partial charge on any atom is 0.264 e. The molecule has 0 radical (unpaired) electrons. The van der Waals surface area contributed by atoms with E-state index < -0.39 is 28.5 Å². The van der Waals surface area contributed by atoms with Gasteiger partial charge in [0.2, 0.25) is 11.8 Å². The molecule has 0 fully saturated rings. The molecule has 0 aliphatic heterocycles. The van der Waals surface area contributed by atoms with E-state index >= 15 is 0 Å². The Morgan fingerprint density at radius 2 is 1.43 bits per heavy atom. The van der Waals surface area contributed by atoms with Crippen molar-refractivity contribution in [3.8, 4) is 11.5 Å². The first-order valence-electron chi connectivity index (χ1n) is 16.3. The van der Waals surface area contributed by atoms with Crippen LogP contribution < -0.4 is 19.1 Å². The quantitative estimate of drug-likeness (QED) is 0.159. The highest BCUT2D eigenvalue weighted by atomic mass is 32.2. The van der Waals surface area contributed by atoms with Crippen LogP contribution in [0.15, 0.2) is 95.9 Å². The third-order valence-electron chi connectivity index (χ3n) is 8.27. The van der Waals surface area contributed by atoms with Crippen LogP contribution in [0.25, 0.3) is 0 Å². The predicted octanol–water partition coefficient (Wildman–Crippen LogP) is 6.24. The summed E-state index contributed by atoms with van der Waals surface area (Å²) >= 11 is 0. The van der Waals surface area contributed by atoms with E-state index in [-0.39, 0.29) is 35.4 Å². The van der Waals surface area contributed by atoms with Crippen LogP contribution in [0.5, 0.6) is 11.5 Å². The lowest BCUT2D eigenvalue weighted by Gasteiger charge is -2.34. The van der Waals surface area contributed by atoms with Crippen LogP contribution in [0.2, 0.25) is 0 Å². The highest BCUT2D eigenvalue weighted by Gasteiger charge is 2.35. The summed E-state index contributed by atoms with van der Waals surface area (Å²) in [4.78, 5) is 30.2. The smallest absolute Gasteiger partial charge is 0.264 e. The Balaban J connectivity index is 1.86. The monoisotopic (exact) mass is 685 g/mol. The van der Waals surface area contributed by atoms with Gasteiger partial charge in [0.15, 0.2) is 11.5 Å². The highest BCUT2D eigenvalue weighted by Crippen LogP contribution is 2.33. The van der Waals surface area contributed by atoms with Gasteiger partial charge in [-0.3, -0.25) is 13.9 Å². The number of hydrogen-bond acceptors (Lipinski definition) is 6. The topological polar surface area (TPSA) is 105 Å². The number of carbonyl (C=O) groups excluding carboxylic acids is 2. The molecule has 1 atom stereocenters. The fourth-order valence-electron chi connectivity index (χ4n) is 5.68. The fourth-order valence-corrected chi connectivity index (χ4v) is 7.09. The zero-order valence-electron chi connectivity index (χ0n) is 29.4. The first-order valence-corrected chi connectivity index (χ1v) is 17.8. The van der Waals surface area contributed by atoms with Gasteiger partial charge in [-0.05, 0) is 78.8 Å². The lowest BCUT2D eigenvalue weighted by molar-refractivity contribution is -0.140. The molecule has 0 saturated heterocycles. The number of amides is 2. The lowest BCUT2D eigenvalue weighted by Crippen LogP contribution is -2.53. The summed E-state index contributed by atoms with van der Waals surface area (Å²) in [6, 6.07) is 26.0. The predicted molar refractivity (Wildman–Crippen MR) is 194 cm³/mol. The molecule has 1 N–H and O–H groups in total. The van der Waals surface area contributed by atoms with Gasteiger partial charge in [0.25, 0.3) is 10.0 Å². The van der Waals surface area contributed by atoms with Gasteiger partial charge < -0.3 is 19.7 Å². The number of anilines is 1. The normalized spacial score (nSPS) is 11.9. The first kappa shape index (κ1) is 37.0. The molecule has 0 saturated carbocycles. The second kappa shape index (κ2) is 16.5. The van der Waals surface area contributed by atoms with Gasteiger partial charge in [0.1, 0.15) is 12.6 Å². The molecule has 4 aromatic carbocycles. The summed E-state index contributed by atoms with van der Waals surface area (Å²) < 4.78 is 41.0. The number of benzene rings is 4. The average molecular weight is 686 g/mol. The van der Waals surface area contributed by atoms with Crippen LogP contribution in [0, 0.1) is 26.7 Å². The molecule has 260 valence electrons. The summed E-state index contributed by atoms with van der Waals surface area (Å²) in [5, 5.41) is 3.03. The number of aryl methyl sites for hydroxylation is 3. The maximum absolute atomic E-state index is 14.8. The van der Waals surface area contributed by atoms with Gasteiger partial charge in [0, 0.05) is 25.6 Å². The molecule has 0 aromatic heterocycles. The van der Waals surface area contributed by atoms with E-state index in [9.17, 15) is 18.0 Å². The molecule has 4 aromatic rings. The molecule has 1 unspecified atom stereocenters. The Morgan fingerprint density at radius 3 is 2.04 bits per heavy atom. The molecule has 0 aliphatic rings. The molecule has 0 aliphatic carbocycles. The summed E-state index contributed by atoms with van der Waals surface area (Å²) in [6.07, 6.45) is 0.244. The van der Waals surface area contributed by atoms with Crippen molar-refractivity contribution >= 4 is 27.5 Å². The van der Waals surface area contributed by atoms with Crippen molar-refractivity contribution in [1.82, 2.24) is 10.2 Å². The van der Waals surface area contributed by atoms with Crippen molar-refractivity contribution in [2.75, 3.05) is 31.6 Å². The third kappa shape index (κ3) is 9.41. The standard InChI is InChI=1S/C39H47N3O6S/c1-27(2)24-40-39(44)35(22-31-14-9-8-10-15-31)41(25-32-16-12-11-13-30(32)5)38(43)26-42(33-20-28(3)19-29(4)21-33)49(45,46)34-17-18-36(47-6)37(23-34)48-7/h8-21,23,27,35H,22,24-26H2,1-7H3,(H,40,44). The van der Waals surface area contributed by atoms with E-state index in [0.717, 1.165) is 32.1 Å². The van der Waals surface area contributed by atoms with E-state index in [1.54, 1.807) is 12.1 Å². The first-order chi connectivity index (χ1) is 23.3. The summed E-state index contributed by atoms with van der Waals surface area (Å²) in [5.74, 6) is -0.0296. The SMILES string of the molecule is COc1ccc(S(=O)(=O)N(CC(=O)N(Cc2ccccc2C)C(Cc2ccccc2)C(=O)NCC(C)C)c2cc(C)cc(C)c2)cc1OC. The van der Waals surface area contributed by atoms with Crippen molar-refractivity contribution in [1.29, 1.82) is 0 Å². The average Bonchev–Trinajstić information content (AvgIpc) is 3.07. The molecule has 49 heavy (non-hydrogen) atoms. The minimum absolute atomic E-state index is 0.0712. The van der Waals surface area contributed by atoms with E-state index in [4.69, 9.17) is 9.47 Å². The van der Waals surface area contributed by atoms with Crippen LogP contribution in [-0.2, 0) is 32.6 Å². The molecule has 0 spiro atoms. The number of hydrogen-bond donors (Lipinski definition) is 1. The van der Waals surface area contributed by atoms with Gasteiger partial charge in [-0.25, -0.2) is 8.42 Å².